The van der Waals surface area contributed by atoms with Crippen molar-refractivity contribution < 1.29 is 14.3 Å². The topological polar surface area (TPSA) is 58.6 Å². The van der Waals surface area contributed by atoms with Gasteiger partial charge in [0.1, 0.15) is 5.60 Å². The first-order chi connectivity index (χ1) is 9.58. The summed E-state index contributed by atoms with van der Waals surface area (Å²) in [5, 5.41) is 2.70. The van der Waals surface area contributed by atoms with Crippen LogP contribution in [0.4, 0.5) is 4.79 Å². The molecule has 0 saturated carbocycles. The summed E-state index contributed by atoms with van der Waals surface area (Å²) in [6, 6.07) is 7.63. The third-order valence-electron chi connectivity index (χ3n) is 4.09. The van der Waals surface area contributed by atoms with Crippen LogP contribution in [0.3, 0.4) is 0 Å². The van der Waals surface area contributed by atoms with Crippen molar-refractivity contribution in [3.8, 4) is 0 Å². The molecule has 1 aromatic rings. The van der Waals surface area contributed by atoms with E-state index >= 15 is 0 Å². The van der Waals surface area contributed by atoms with Crippen LogP contribution in [0, 0.1) is 6.92 Å². The fraction of sp³-hybridized carbons (Fsp3) is 0.467. The number of hydrogen-bond acceptors (Lipinski definition) is 3. The highest BCUT2D eigenvalue weighted by Crippen LogP contribution is 2.29. The van der Waals surface area contributed by atoms with Crippen LogP contribution in [0.15, 0.2) is 24.3 Å². The van der Waals surface area contributed by atoms with Gasteiger partial charge >= 0.3 is 6.09 Å². The molecular formula is C15H18N2O3. The zero-order valence-corrected chi connectivity index (χ0v) is 11.5. The zero-order chi connectivity index (χ0) is 14.2. The maximum Gasteiger partial charge on any atom is 0.407 e. The zero-order valence-electron chi connectivity index (χ0n) is 11.5. The number of carbonyl (C=O) groups excluding carboxylic acids is 2. The first kappa shape index (κ1) is 13.0. The van der Waals surface area contributed by atoms with Crippen LogP contribution in [0.5, 0.6) is 0 Å². The molecule has 2 amide bonds. The Morgan fingerprint density at radius 1 is 1.35 bits per heavy atom. The fourth-order valence-electron chi connectivity index (χ4n) is 2.86. The monoisotopic (exact) mass is 274 g/mol. The van der Waals surface area contributed by atoms with Gasteiger partial charge in [0.15, 0.2) is 0 Å². The van der Waals surface area contributed by atoms with Gasteiger partial charge in [-0.1, -0.05) is 17.7 Å². The second-order valence-corrected chi connectivity index (χ2v) is 5.59. The van der Waals surface area contributed by atoms with Crippen LogP contribution in [-0.4, -0.2) is 42.1 Å². The van der Waals surface area contributed by atoms with Gasteiger partial charge in [-0.05, 0) is 19.1 Å². The maximum absolute atomic E-state index is 12.4. The molecule has 0 atom stereocenters. The minimum atomic E-state index is -0.402. The highest BCUT2D eigenvalue weighted by Gasteiger charge is 2.43. The number of carbonyl (C=O) groups is 2. The number of piperidine rings is 1. The van der Waals surface area contributed by atoms with Crippen LogP contribution in [0.1, 0.15) is 28.8 Å². The number of amides is 2. The number of aryl methyl sites for hydroxylation is 1. The molecule has 1 N–H and O–H groups in total. The van der Waals surface area contributed by atoms with Crippen molar-refractivity contribution in [3.63, 3.8) is 0 Å². The lowest BCUT2D eigenvalue weighted by Crippen LogP contribution is -2.48. The number of hydrogen-bond donors (Lipinski definition) is 1. The Labute approximate surface area is 117 Å². The molecule has 5 nitrogen and oxygen atoms in total. The lowest BCUT2D eigenvalue weighted by molar-refractivity contribution is 0.00331. The van der Waals surface area contributed by atoms with Crippen molar-refractivity contribution in [1.29, 1.82) is 0 Å². The Morgan fingerprint density at radius 3 is 2.70 bits per heavy atom. The molecule has 2 aliphatic rings. The first-order valence-corrected chi connectivity index (χ1v) is 6.91. The molecule has 0 unspecified atom stereocenters. The average Bonchev–Trinajstić information content (AvgIpc) is 2.80. The summed E-state index contributed by atoms with van der Waals surface area (Å²) >= 11 is 0. The molecular weight excluding hydrogens is 256 g/mol. The van der Waals surface area contributed by atoms with Gasteiger partial charge in [-0.3, -0.25) is 4.79 Å². The molecule has 2 aliphatic heterocycles. The summed E-state index contributed by atoms with van der Waals surface area (Å²) in [6.45, 7) is 3.79. The van der Waals surface area contributed by atoms with Crippen LogP contribution in [0.25, 0.3) is 0 Å². The Kier molecular flexibility index (Phi) is 3.12. The van der Waals surface area contributed by atoms with Crippen LogP contribution in [0.2, 0.25) is 0 Å². The lowest BCUT2D eigenvalue weighted by Gasteiger charge is -2.37. The second kappa shape index (κ2) is 4.81. The Hall–Kier alpha value is -2.04. The van der Waals surface area contributed by atoms with E-state index in [2.05, 4.69) is 5.32 Å². The van der Waals surface area contributed by atoms with Crippen LogP contribution >= 0.6 is 0 Å². The largest absolute Gasteiger partial charge is 0.441 e. The summed E-state index contributed by atoms with van der Waals surface area (Å²) in [6.07, 6.45) is 1.05. The van der Waals surface area contributed by atoms with Gasteiger partial charge in [0.05, 0.1) is 6.54 Å². The number of ether oxygens (including phenoxy) is 1. The summed E-state index contributed by atoms with van der Waals surface area (Å²) < 4.78 is 5.35. The summed E-state index contributed by atoms with van der Waals surface area (Å²) in [4.78, 5) is 25.4. The van der Waals surface area contributed by atoms with E-state index in [9.17, 15) is 9.59 Å². The predicted octanol–water partition coefficient (Wildman–Crippen LogP) is 1.71. The first-order valence-electron chi connectivity index (χ1n) is 6.91. The second-order valence-electron chi connectivity index (χ2n) is 5.59. The van der Waals surface area contributed by atoms with Gasteiger partial charge in [0.2, 0.25) is 0 Å². The molecule has 2 heterocycles. The lowest BCUT2D eigenvalue weighted by atomic mass is 9.91. The molecule has 0 aromatic heterocycles. The highest BCUT2D eigenvalue weighted by atomic mass is 16.6. The quantitative estimate of drug-likeness (QED) is 0.848. The minimum Gasteiger partial charge on any atom is -0.441 e. The molecule has 2 fully saturated rings. The molecule has 106 valence electrons. The Morgan fingerprint density at radius 2 is 2.10 bits per heavy atom. The molecule has 0 bridgehead atoms. The number of nitrogens with zero attached hydrogens (tertiary/aromatic N) is 1. The predicted molar refractivity (Wildman–Crippen MR) is 73.5 cm³/mol. The van der Waals surface area contributed by atoms with Crippen molar-refractivity contribution in [2.24, 2.45) is 0 Å². The minimum absolute atomic E-state index is 0.0563. The van der Waals surface area contributed by atoms with E-state index in [4.69, 9.17) is 4.74 Å². The van der Waals surface area contributed by atoms with Gasteiger partial charge in [0.25, 0.3) is 5.91 Å². The Bertz CT molecular complexity index is 548. The van der Waals surface area contributed by atoms with E-state index in [0.29, 0.717) is 32.5 Å². The molecule has 0 radical (unpaired) electrons. The van der Waals surface area contributed by atoms with E-state index in [1.165, 1.54) is 0 Å². The van der Waals surface area contributed by atoms with Crippen LogP contribution in [-0.2, 0) is 4.74 Å². The van der Waals surface area contributed by atoms with Crippen molar-refractivity contribution in [1.82, 2.24) is 10.2 Å². The highest BCUT2D eigenvalue weighted by molar-refractivity contribution is 5.94. The molecule has 20 heavy (non-hydrogen) atoms. The maximum atomic E-state index is 12.4. The van der Waals surface area contributed by atoms with Gasteiger partial charge in [0, 0.05) is 31.5 Å². The Balaban J connectivity index is 1.66. The van der Waals surface area contributed by atoms with Gasteiger partial charge in [-0.25, -0.2) is 4.79 Å². The van der Waals surface area contributed by atoms with Gasteiger partial charge in [-0.15, -0.1) is 0 Å². The molecule has 1 spiro atoms. The number of likely N-dealkylation sites (tertiary alicyclic amines) is 1. The number of alkyl carbamates (subject to hydrolysis) is 1. The average molecular weight is 274 g/mol. The van der Waals surface area contributed by atoms with Gasteiger partial charge < -0.3 is 15.0 Å². The van der Waals surface area contributed by atoms with Crippen molar-refractivity contribution >= 4 is 12.0 Å². The van der Waals surface area contributed by atoms with E-state index in [1.807, 2.05) is 36.1 Å². The van der Waals surface area contributed by atoms with Crippen LogP contribution < -0.4 is 5.32 Å². The SMILES string of the molecule is Cc1cccc(C(=O)N2CCC3(CC2)CNC(=O)O3)c1. The third kappa shape index (κ3) is 2.35. The van der Waals surface area contributed by atoms with E-state index in [-0.39, 0.29) is 12.0 Å². The molecule has 1 aromatic carbocycles. The summed E-state index contributed by atoms with van der Waals surface area (Å²) in [7, 11) is 0. The normalized spacial score (nSPS) is 20.6. The standard InChI is InChI=1S/C15H18N2O3/c1-11-3-2-4-12(9-11)13(18)17-7-5-15(6-8-17)10-16-14(19)20-15/h2-4,9H,5-8,10H2,1H3,(H,16,19). The van der Waals surface area contributed by atoms with Crippen molar-refractivity contribution in [2.75, 3.05) is 19.6 Å². The molecule has 0 aliphatic carbocycles. The third-order valence-corrected chi connectivity index (χ3v) is 4.09. The van der Waals surface area contributed by atoms with Crippen molar-refractivity contribution in [3.05, 3.63) is 35.4 Å². The van der Waals surface area contributed by atoms with Crippen molar-refractivity contribution in [2.45, 2.75) is 25.4 Å². The molecule has 5 heteroatoms. The smallest absolute Gasteiger partial charge is 0.407 e. The molecule has 2 saturated heterocycles. The fourth-order valence-corrected chi connectivity index (χ4v) is 2.86. The number of rotatable bonds is 1. The number of benzene rings is 1. The molecule has 3 rings (SSSR count). The summed E-state index contributed by atoms with van der Waals surface area (Å²) in [5.74, 6) is 0.0563. The number of nitrogens with one attached hydrogen (secondary N) is 1. The van der Waals surface area contributed by atoms with E-state index in [1.54, 1.807) is 0 Å². The van der Waals surface area contributed by atoms with E-state index in [0.717, 1.165) is 11.1 Å². The summed E-state index contributed by atoms with van der Waals surface area (Å²) in [5.41, 5.74) is 1.40. The van der Waals surface area contributed by atoms with E-state index < -0.39 is 5.60 Å². The van der Waals surface area contributed by atoms with Gasteiger partial charge in [-0.2, -0.15) is 0 Å².